The molecule has 0 unspecified atom stereocenters. The van der Waals surface area contributed by atoms with Crippen LogP contribution < -0.4 is 4.90 Å². The molecule has 136 valence electrons. The molecule has 0 aliphatic heterocycles. The summed E-state index contributed by atoms with van der Waals surface area (Å²) in [5.41, 5.74) is 2.03. The van der Waals surface area contributed by atoms with Gasteiger partial charge in [0.2, 0.25) is 0 Å². The molecule has 4 nitrogen and oxygen atoms in total. The largest absolute Gasteiger partial charge is 0.481 e. The van der Waals surface area contributed by atoms with Gasteiger partial charge in [0.15, 0.2) is 5.13 Å². The van der Waals surface area contributed by atoms with E-state index < -0.39 is 5.97 Å². The Morgan fingerprint density at radius 2 is 1.89 bits per heavy atom. The predicted molar refractivity (Wildman–Crippen MR) is 113 cm³/mol. The molecule has 2 heterocycles. The molecule has 0 radical (unpaired) electrons. The zero-order valence-corrected chi connectivity index (χ0v) is 16.2. The molecule has 6 heteroatoms. The summed E-state index contributed by atoms with van der Waals surface area (Å²) in [5.74, 6) is -0.794. The second-order valence-electron chi connectivity index (χ2n) is 6.19. The predicted octanol–water partition coefficient (Wildman–Crippen LogP) is 5.51. The third-order valence-electron chi connectivity index (χ3n) is 4.35. The number of hydrogen-bond acceptors (Lipinski definition) is 5. The summed E-state index contributed by atoms with van der Waals surface area (Å²) in [6, 6.07) is 18.6. The first-order valence-electron chi connectivity index (χ1n) is 8.63. The van der Waals surface area contributed by atoms with Crippen molar-refractivity contribution in [1.82, 2.24) is 4.98 Å². The van der Waals surface area contributed by atoms with E-state index in [1.54, 1.807) is 22.7 Å². The number of rotatable bonds is 7. The lowest BCUT2D eigenvalue weighted by Gasteiger charge is -2.20. The molecule has 4 rings (SSSR count). The maximum Gasteiger partial charge on any atom is 0.305 e. The lowest BCUT2D eigenvalue weighted by Crippen LogP contribution is -2.25. The van der Waals surface area contributed by atoms with E-state index >= 15 is 0 Å². The molecular formula is C21H18N2O2S2. The monoisotopic (exact) mass is 394 g/mol. The van der Waals surface area contributed by atoms with E-state index in [2.05, 4.69) is 40.6 Å². The van der Waals surface area contributed by atoms with Gasteiger partial charge in [-0.1, -0.05) is 48.5 Å². The first-order valence-corrected chi connectivity index (χ1v) is 10.4. The topological polar surface area (TPSA) is 53.4 Å². The Hall–Kier alpha value is -2.70. The molecule has 2 aromatic heterocycles. The van der Waals surface area contributed by atoms with Crippen molar-refractivity contribution in [3.8, 4) is 11.3 Å². The van der Waals surface area contributed by atoms with Crippen LogP contribution in [0.4, 0.5) is 5.13 Å². The van der Waals surface area contributed by atoms with Crippen molar-refractivity contribution in [1.29, 1.82) is 0 Å². The van der Waals surface area contributed by atoms with Gasteiger partial charge in [-0.2, -0.15) is 0 Å². The molecule has 0 bridgehead atoms. The van der Waals surface area contributed by atoms with Crippen molar-refractivity contribution < 1.29 is 9.90 Å². The molecule has 0 amide bonds. The van der Waals surface area contributed by atoms with Crippen LogP contribution >= 0.6 is 22.7 Å². The number of carboxylic acid groups (broad SMARTS) is 1. The van der Waals surface area contributed by atoms with Crippen LogP contribution in [-0.4, -0.2) is 22.6 Å². The summed E-state index contributed by atoms with van der Waals surface area (Å²) >= 11 is 3.23. The number of aliphatic carboxylic acids is 1. The highest BCUT2D eigenvalue weighted by Gasteiger charge is 2.15. The van der Waals surface area contributed by atoms with E-state index in [-0.39, 0.29) is 6.42 Å². The van der Waals surface area contributed by atoms with E-state index in [1.165, 1.54) is 15.6 Å². The molecular weight excluding hydrogens is 376 g/mol. The maximum absolute atomic E-state index is 11.1. The van der Waals surface area contributed by atoms with Gasteiger partial charge in [-0.15, -0.1) is 22.7 Å². The van der Waals surface area contributed by atoms with Crippen LogP contribution in [0, 0.1) is 0 Å². The fraction of sp³-hybridized carbons (Fsp3) is 0.143. The lowest BCUT2D eigenvalue weighted by atomic mass is 10.0. The number of carboxylic acids is 1. The number of nitrogens with zero attached hydrogens (tertiary/aromatic N) is 2. The van der Waals surface area contributed by atoms with Crippen molar-refractivity contribution in [3.63, 3.8) is 0 Å². The Morgan fingerprint density at radius 3 is 2.70 bits per heavy atom. The number of thiazole rings is 1. The number of hydrogen-bond donors (Lipinski definition) is 1. The SMILES string of the molecule is O=C(O)CCN(Cc1cccs1)c1nc(-c2cccc3ccccc23)cs1. The minimum absolute atomic E-state index is 0.0918. The summed E-state index contributed by atoms with van der Waals surface area (Å²) in [7, 11) is 0. The Kier molecular flexibility index (Phi) is 5.18. The van der Waals surface area contributed by atoms with E-state index in [9.17, 15) is 4.79 Å². The van der Waals surface area contributed by atoms with Gasteiger partial charge in [0, 0.05) is 22.4 Å². The van der Waals surface area contributed by atoms with Crippen LogP contribution in [0.5, 0.6) is 0 Å². The smallest absolute Gasteiger partial charge is 0.305 e. The zero-order valence-electron chi connectivity index (χ0n) is 14.5. The van der Waals surface area contributed by atoms with Crippen LogP contribution in [0.1, 0.15) is 11.3 Å². The average Bonchev–Trinajstić information content (AvgIpc) is 3.36. The minimum Gasteiger partial charge on any atom is -0.481 e. The highest BCUT2D eigenvalue weighted by atomic mass is 32.1. The van der Waals surface area contributed by atoms with Gasteiger partial charge in [-0.05, 0) is 22.2 Å². The fourth-order valence-corrected chi connectivity index (χ4v) is 4.62. The van der Waals surface area contributed by atoms with E-state index in [0.29, 0.717) is 13.1 Å². The normalized spacial score (nSPS) is 11.0. The number of fused-ring (bicyclic) bond motifs is 1. The number of benzene rings is 2. The van der Waals surface area contributed by atoms with Crippen LogP contribution in [0.3, 0.4) is 0 Å². The number of carbonyl (C=O) groups is 1. The zero-order chi connectivity index (χ0) is 18.6. The molecule has 27 heavy (non-hydrogen) atoms. The van der Waals surface area contributed by atoms with E-state index in [4.69, 9.17) is 10.1 Å². The third-order valence-corrected chi connectivity index (χ3v) is 6.11. The second kappa shape index (κ2) is 7.90. The first-order chi connectivity index (χ1) is 13.2. The van der Waals surface area contributed by atoms with Gasteiger partial charge < -0.3 is 10.0 Å². The Bertz CT molecular complexity index is 1050. The number of anilines is 1. The van der Waals surface area contributed by atoms with Crippen molar-refractivity contribution in [2.75, 3.05) is 11.4 Å². The van der Waals surface area contributed by atoms with Gasteiger partial charge in [0.25, 0.3) is 0 Å². The van der Waals surface area contributed by atoms with Crippen molar-refractivity contribution in [2.24, 2.45) is 0 Å². The van der Waals surface area contributed by atoms with Gasteiger partial charge in [-0.3, -0.25) is 4.79 Å². The summed E-state index contributed by atoms with van der Waals surface area (Å²) in [6.07, 6.45) is 0.0918. The Morgan fingerprint density at radius 1 is 1.04 bits per heavy atom. The molecule has 0 atom stereocenters. The first kappa shape index (κ1) is 17.7. The van der Waals surface area contributed by atoms with Gasteiger partial charge in [-0.25, -0.2) is 4.98 Å². The van der Waals surface area contributed by atoms with Crippen molar-refractivity contribution >= 4 is 44.5 Å². The summed E-state index contributed by atoms with van der Waals surface area (Å²) in [5, 5.41) is 16.4. The summed E-state index contributed by atoms with van der Waals surface area (Å²) < 4.78 is 0. The average molecular weight is 395 g/mol. The molecule has 0 fully saturated rings. The lowest BCUT2D eigenvalue weighted by molar-refractivity contribution is -0.136. The van der Waals surface area contributed by atoms with Gasteiger partial charge in [0.05, 0.1) is 18.7 Å². The Labute approximate surface area is 165 Å². The van der Waals surface area contributed by atoms with Gasteiger partial charge >= 0.3 is 5.97 Å². The molecule has 0 aliphatic rings. The molecule has 0 saturated carbocycles. The van der Waals surface area contributed by atoms with Crippen LogP contribution in [-0.2, 0) is 11.3 Å². The number of aromatic nitrogens is 1. The Balaban J connectivity index is 1.66. The highest BCUT2D eigenvalue weighted by molar-refractivity contribution is 7.14. The number of thiophene rings is 1. The summed E-state index contributed by atoms with van der Waals surface area (Å²) in [4.78, 5) is 19.2. The van der Waals surface area contributed by atoms with Crippen molar-refractivity contribution in [3.05, 3.63) is 70.2 Å². The molecule has 0 saturated heterocycles. The molecule has 2 aromatic carbocycles. The minimum atomic E-state index is -0.794. The van der Waals surface area contributed by atoms with Crippen molar-refractivity contribution in [2.45, 2.75) is 13.0 Å². The van der Waals surface area contributed by atoms with Crippen LogP contribution in [0.15, 0.2) is 65.4 Å². The molecule has 1 N–H and O–H groups in total. The summed E-state index contributed by atoms with van der Waals surface area (Å²) in [6.45, 7) is 1.11. The maximum atomic E-state index is 11.1. The van der Waals surface area contributed by atoms with Crippen LogP contribution in [0.25, 0.3) is 22.0 Å². The standard InChI is InChI=1S/C21H18N2O2S2/c24-20(25)10-11-23(13-16-7-4-12-26-16)21-22-19(14-27-21)18-9-3-6-15-5-1-2-8-17(15)18/h1-9,12,14H,10-11,13H2,(H,24,25). The second-order valence-corrected chi connectivity index (χ2v) is 8.06. The fourth-order valence-electron chi connectivity index (χ4n) is 3.05. The molecule has 0 spiro atoms. The van der Waals surface area contributed by atoms with E-state index in [1.807, 2.05) is 29.6 Å². The van der Waals surface area contributed by atoms with E-state index in [0.717, 1.165) is 16.4 Å². The molecule has 0 aliphatic carbocycles. The molecule has 4 aromatic rings. The van der Waals surface area contributed by atoms with Gasteiger partial charge in [0.1, 0.15) is 0 Å². The third kappa shape index (κ3) is 4.02. The van der Waals surface area contributed by atoms with Crippen LogP contribution in [0.2, 0.25) is 0 Å². The quantitative estimate of drug-likeness (QED) is 0.449. The highest BCUT2D eigenvalue weighted by Crippen LogP contribution is 2.33.